The van der Waals surface area contributed by atoms with E-state index in [0.717, 1.165) is 11.1 Å². The van der Waals surface area contributed by atoms with Crippen LogP contribution in [0.2, 0.25) is 0 Å². The number of carbonyl (C=O) groups is 1. The zero-order valence-electron chi connectivity index (χ0n) is 7.69. The van der Waals surface area contributed by atoms with Gasteiger partial charge in [0.05, 0.1) is 5.56 Å². The number of nitrogens with two attached hydrogens (primary N) is 2. The van der Waals surface area contributed by atoms with Crippen LogP contribution in [0.25, 0.3) is 0 Å². The molecule has 0 unspecified atom stereocenters. The van der Waals surface area contributed by atoms with Gasteiger partial charge in [-0.1, -0.05) is 6.07 Å². The molecule has 0 aromatic heterocycles. The summed E-state index contributed by atoms with van der Waals surface area (Å²) in [6, 6.07) is 5.28. The molecule has 2 rings (SSSR count). The Morgan fingerprint density at radius 3 is 3.00 bits per heavy atom. The highest BCUT2D eigenvalue weighted by Gasteiger charge is 2.21. The second-order valence-corrected chi connectivity index (χ2v) is 3.33. The molecule has 0 amide bonds. The molecule has 1 atom stereocenters. The van der Waals surface area contributed by atoms with E-state index in [4.69, 9.17) is 16.2 Å². The van der Waals surface area contributed by atoms with E-state index in [-0.39, 0.29) is 12.0 Å². The standard InChI is InChI=1S/C10H12N2O2/c11-4-9(12)6-1-2-8-7(3-6)5-14-10(8)13/h1-3,9H,4-5,11-12H2/t9-/m1/s1. The average Bonchev–Trinajstić information content (AvgIpc) is 2.59. The largest absolute Gasteiger partial charge is 0.457 e. The second kappa shape index (κ2) is 3.40. The molecule has 4 nitrogen and oxygen atoms in total. The molecule has 1 aromatic carbocycles. The average molecular weight is 192 g/mol. The number of esters is 1. The summed E-state index contributed by atoms with van der Waals surface area (Å²) >= 11 is 0. The number of hydrogen-bond acceptors (Lipinski definition) is 4. The van der Waals surface area contributed by atoms with Gasteiger partial charge in [-0.2, -0.15) is 0 Å². The van der Waals surface area contributed by atoms with E-state index in [9.17, 15) is 4.79 Å². The molecular formula is C10H12N2O2. The Bertz CT molecular complexity index is 376. The molecule has 14 heavy (non-hydrogen) atoms. The van der Waals surface area contributed by atoms with Crippen LogP contribution in [0, 0.1) is 0 Å². The van der Waals surface area contributed by atoms with Crippen molar-refractivity contribution in [1.29, 1.82) is 0 Å². The van der Waals surface area contributed by atoms with E-state index < -0.39 is 0 Å². The predicted octanol–water partition coefficient (Wildman–Crippen LogP) is 0.315. The van der Waals surface area contributed by atoms with Gasteiger partial charge in [-0.3, -0.25) is 0 Å². The number of fused-ring (bicyclic) bond motifs is 1. The summed E-state index contributed by atoms with van der Waals surface area (Å²) in [5, 5.41) is 0. The fourth-order valence-corrected chi connectivity index (χ4v) is 1.52. The number of hydrogen-bond donors (Lipinski definition) is 2. The van der Waals surface area contributed by atoms with Crippen LogP contribution in [0.1, 0.15) is 27.5 Å². The zero-order valence-corrected chi connectivity index (χ0v) is 7.69. The van der Waals surface area contributed by atoms with Crippen LogP contribution in [-0.4, -0.2) is 12.5 Å². The summed E-state index contributed by atoms with van der Waals surface area (Å²) in [6.07, 6.45) is 0. The van der Waals surface area contributed by atoms with Crippen molar-refractivity contribution < 1.29 is 9.53 Å². The fourth-order valence-electron chi connectivity index (χ4n) is 1.52. The third-order valence-corrected chi connectivity index (χ3v) is 2.39. The molecule has 0 radical (unpaired) electrons. The lowest BCUT2D eigenvalue weighted by atomic mass is 10.0. The van der Waals surface area contributed by atoms with E-state index in [1.54, 1.807) is 6.07 Å². The third kappa shape index (κ3) is 1.38. The van der Waals surface area contributed by atoms with Crippen molar-refractivity contribution in [3.63, 3.8) is 0 Å². The minimum Gasteiger partial charge on any atom is -0.457 e. The molecule has 0 fully saturated rings. The molecule has 0 spiro atoms. The third-order valence-electron chi connectivity index (χ3n) is 2.39. The highest BCUT2D eigenvalue weighted by atomic mass is 16.5. The van der Waals surface area contributed by atoms with E-state index in [2.05, 4.69) is 0 Å². The molecule has 74 valence electrons. The van der Waals surface area contributed by atoms with Crippen LogP contribution in [0.5, 0.6) is 0 Å². The first-order valence-electron chi connectivity index (χ1n) is 4.48. The maximum atomic E-state index is 11.1. The van der Waals surface area contributed by atoms with Gasteiger partial charge in [0.15, 0.2) is 0 Å². The Balaban J connectivity index is 2.37. The monoisotopic (exact) mass is 192 g/mol. The van der Waals surface area contributed by atoms with Gasteiger partial charge in [0.25, 0.3) is 0 Å². The Kier molecular flexibility index (Phi) is 2.23. The van der Waals surface area contributed by atoms with Crippen LogP contribution in [-0.2, 0) is 11.3 Å². The topological polar surface area (TPSA) is 78.3 Å². The highest BCUT2D eigenvalue weighted by Crippen LogP contribution is 2.22. The number of rotatable bonds is 2. The maximum absolute atomic E-state index is 11.1. The van der Waals surface area contributed by atoms with E-state index in [0.29, 0.717) is 18.7 Å². The van der Waals surface area contributed by atoms with Crippen molar-refractivity contribution in [3.05, 3.63) is 34.9 Å². The summed E-state index contributed by atoms with van der Waals surface area (Å²) in [5.41, 5.74) is 13.7. The molecule has 0 saturated heterocycles. The van der Waals surface area contributed by atoms with Gasteiger partial charge in [0.1, 0.15) is 6.61 Å². The van der Waals surface area contributed by atoms with Crippen LogP contribution in [0.4, 0.5) is 0 Å². The summed E-state index contributed by atoms with van der Waals surface area (Å²) in [5.74, 6) is -0.257. The molecule has 1 aliphatic heterocycles. The van der Waals surface area contributed by atoms with Crippen molar-refractivity contribution >= 4 is 5.97 Å². The smallest absolute Gasteiger partial charge is 0.338 e. The minimum atomic E-state index is -0.257. The van der Waals surface area contributed by atoms with Gasteiger partial charge in [0, 0.05) is 18.2 Å². The maximum Gasteiger partial charge on any atom is 0.338 e. The second-order valence-electron chi connectivity index (χ2n) is 3.33. The van der Waals surface area contributed by atoms with Crippen molar-refractivity contribution in [1.82, 2.24) is 0 Å². The lowest BCUT2D eigenvalue weighted by molar-refractivity contribution is 0.0535. The first-order chi connectivity index (χ1) is 6.72. The first kappa shape index (κ1) is 9.18. The zero-order chi connectivity index (χ0) is 10.1. The van der Waals surface area contributed by atoms with E-state index in [1.165, 1.54) is 0 Å². The van der Waals surface area contributed by atoms with E-state index in [1.807, 2.05) is 12.1 Å². The fraction of sp³-hybridized carbons (Fsp3) is 0.300. The number of ether oxygens (including phenoxy) is 1. The summed E-state index contributed by atoms with van der Waals surface area (Å²) < 4.78 is 4.88. The quantitative estimate of drug-likeness (QED) is 0.661. The highest BCUT2D eigenvalue weighted by molar-refractivity contribution is 5.93. The van der Waals surface area contributed by atoms with Crippen molar-refractivity contribution in [3.8, 4) is 0 Å². The summed E-state index contributed by atoms with van der Waals surface area (Å²) in [7, 11) is 0. The SMILES string of the molecule is NC[C@@H](N)c1ccc2c(c1)COC2=O. The molecule has 4 N–H and O–H groups in total. The lowest BCUT2D eigenvalue weighted by Crippen LogP contribution is -2.20. The Morgan fingerprint density at radius 2 is 2.29 bits per heavy atom. The minimum absolute atomic E-state index is 0.170. The number of cyclic esters (lactones) is 1. The normalized spacial score (nSPS) is 16.3. The molecular weight excluding hydrogens is 180 g/mol. The molecule has 1 aromatic rings. The number of benzene rings is 1. The Morgan fingerprint density at radius 1 is 1.50 bits per heavy atom. The lowest BCUT2D eigenvalue weighted by Gasteiger charge is -2.09. The van der Waals surface area contributed by atoms with Crippen LogP contribution in [0.15, 0.2) is 18.2 Å². The van der Waals surface area contributed by atoms with Crippen LogP contribution >= 0.6 is 0 Å². The molecule has 0 bridgehead atoms. The first-order valence-corrected chi connectivity index (χ1v) is 4.48. The van der Waals surface area contributed by atoms with Crippen molar-refractivity contribution in [2.75, 3.05) is 6.54 Å². The van der Waals surface area contributed by atoms with Gasteiger partial charge in [0.2, 0.25) is 0 Å². The van der Waals surface area contributed by atoms with Gasteiger partial charge in [-0.25, -0.2) is 4.79 Å². The molecule has 1 aliphatic rings. The summed E-state index contributed by atoms with van der Waals surface area (Å²) in [6.45, 7) is 0.743. The molecule has 0 aliphatic carbocycles. The van der Waals surface area contributed by atoms with Crippen molar-refractivity contribution in [2.45, 2.75) is 12.6 Å². The summed E-state index contributed by atoms with van der Waals surface area (Å²) in [4.78, 5) is 11.1. The number of carbonyl (C=O) groups excluding carboxylic acids is 1. The van der Waals surface area contributed by atoms with Crippen molar-refractivity contribution in [2.24, 2.45) is 11.5 Å². The van der Waals surface area contributed by atoms with E-state index >= 15 is 0 Å². The molecule has 0 saturated carbocycles. The van der Waals surface area contributed by atoms with Crippen LogP contribution in [0.3, 0.4) is 0 Å². The Labute approximate surface area is 81.8 Å². The van der Waals surface area contributed by atoms with Crippen LogP contribution < -0.4 is 11.5 Å². The van der Waals surface area contributed by atoms with Gasteiger partial charge >= 0.3 is 5.97 Å². The molecule has 1 heterocycles. The van der Waals surface area contributed by atoms with Gasteiger partial charge in [-0.05, 0) is 17.7 Å². The molecule has 4 heteroatoms. The predicted molar refractivity (Wildman–Crippen MR) is 51.5 cm³/mol. The Hall–Kier alpha value is -1.39. The van der Waals surface area contributed by atoms with Gasteiger partial charge < -0.3 is 16.2 Å². The van der Waals surface area contributed by atoms with Gasteiger partial charge in [-0.15, -0.1) is 0 Å².